The van der Waals surface area contributed by atoms with Crippen molar-refractivity contribution in [1.82, 2.24) is 0 Å². The van der Waals surface area contributed by atoms with Gasteiger partial charge < -0.3 is 4.74 Å². The van der Waals surface area contributed by atoms with Crippen molar-refractivity contribution in [3.05, 3.63) is 51.8 Å². The predicted molar refractivity (Wildman–Crippen MR) is 50.9 cm³/mol. The van der Waals surface area contributed by atoms with Crippen LogP contribution in [0.2, 0.25) is 0 Å². The lowest BCUT2D eigenvalue weighted by atomic mass is 10.1. The summed E-state index contributed by atoms with van der Waals surface area (Å²) in [7, 11) is 0. The van der Waals surface area contributed by atoms with Gasteiger partial charge in [0.05, 0.1) is 17.1 Å². The number of benzene rings is 1. The highest BCUT2D eigenvalue weighted by atomic mass is 19.1. The summed E-state index contributed by atoms with van der Waals surface area (Å²) < 4.78 is 18.6. The van der Waals surface area contributed by atoms with Crippen molar-refractivity contribution in [3.8, 4) is 0 Å². The molecule has 0 saturated heterocycles. The number of hydrogen-bond acceptors (Lipinski definition) is 3. The zero-order valence-corrected chi connectivity index (χ0v) is 7.72. The fraction of sp³-hybridized carbons (Fsp3) is 0.200. The van der Waals surface area contributed by atoms with Crippen LogP contribution in [-0.2, 0) is 4.74 Å². The predicted octanol–water partition coefficient (Wildman–Crippen LogP) is 2.36. The summed E-state index contributed by atoms with van der Waals surface area (Å²) in [4.78, 5) is 10.1. The molecule has 1 heterocycles. The largest absolute Gasteiger partial charge is 0.365 e. The van der Waals surface area contributed by atoms with Gasteiger partial charge >= 0.3 is 0 Å². The molecule has 78 valence electrons. The number of rotatable bonds is 2. The van der Waals surface area contributed by atoms with Crippen LogP contribution in [0.1, 0.15) is 11.7 Å². The molecule has 4 nitrogen and oxygen atoms in total. The van der Waals surface area contributed by atoms with Crippen molar-refractivity contribution in [2.75, 3.05) is 6.61 Å². The molecule has 0 spiro atoms. The molecular formula is C10H8FNO3. The highest BCUT2D eigenvalue weighted by molar-refractivity contribution is 5.44. The number of ether oxygens (including phenoxy) is 1. The third-order valence-corrected chi connectivity index (χ3v) is 2.19. The first kappa shape index (κ1) is 9.79. The Morgan fingerprint density at radius 3 is 2.93 bits per heavy atom. The van der Waals surface area contributed by atoms with E-state index < -0.39 is 16.8 Å². The van der Waals surface area contributed by atoms with Crippen molar-refractivity contribution in [3.63, 3.8) is 0 Å². The highest BCUT2D eigenvalue weighted by Crippen LogP contribution is 2.32. The van der Waals surface area contributed by atoms with E-state index in [1.807, 2.05) is 0 Å². The Morgan fingerprint density at radius 2 is 2.33 bits per heavy atom. The quantitative estimate of drug-likeness (QED) is 0.426. The van der Waals surface area contributed by atoms with Crippen LogP contribution >= 0.6 is 0 Å². The summed E-state index contributed by atoms with van der Waals surface area (Å²) in [5.41, 5.74) is -0.247. The number of nitro groups is 1. The molecule has 0 aliphatic carbocycles. The lowest BCUT2D eigenvalue weighted by Gasteiger charge is -2.09. The van der Waals surface area contributed by atoms with Crippen LogP contribution in [-0.4, -0.2) is 11.5 Å². The molecule has 1 atom stereocenters. The Hall–Kier alpha value is -1.75. The maximum atomic E-state index is 13.4. The highest BCUT2D eigenvalue weighted by Gasteiger charge is 2.26. The maximum absolute atomic E-state index is 13.4. The Kier molecular flexibility index (Phi) is 2.47. The first-order valence-corrected chi connectivity index (χ1v) is 4.41. The number of hydrogen-bond donors (Lipinski definition) is 0. The van der Waals surface area contributed by atoms with Crippen molar-refractivity contribution in [1.29, 1.82) is 0 Å². The molecule has 0 radical (unpaired) electrons. The second-order valence-electron chi connectivity index (χ2n) is 3.11. The number of nitro benzene ring substituents is 1. The van der Waals surface area contributed by atoms with Gasteiger partial charge in [-0.05, 0) is 6.07 Å². The van der Waals surface area contributed by atoms with E-state index in [4.69, 9.17) is 4.74 Å². The van der Waals surface area contributed by atoms with Gasteiger partial charge in [0.15, 0.2) is 0 Å². The fourth-order valence-corrected chi connectivity index (χ4v) is 1.54. The lowest BCUT2D eigenvalue weighted by Crippen LogP contribution is -2.04. The van der Waals surface area contributed by atoms with Gasteiger partial charge in [0.25, 0.3) is 5.69 Å². The number of nitrogens with zero attached hydrogens (tertiary/aromatic N) is 1. The average Bonchev–Trinajstić information content (AvgIpc) is 2.70. The van der Waals surface area contributed by atoms with E-state index in [1.54, 1.807) is 12.2 Å². The molecule has 0 bridgehead atoms. The van der Waals surface area contributed by atoms with Gasteiger partial charge in [0.2, 0.25) is 0 Å². The topological polar surface area (TPSA) is 52.4 Å². The van der Waals surface area contributed by atoms with E-state index in [0.717, 1.165) is 0 Å². The van der Waals surface area contributed by atoms with Gasteiger partial charge in [-0.2, -0.15) is 0 Å². The van der Waals surface area contributed by atoms with E-state index in [2.05, 4.69) is 0 Å². The van der Waals surface area contributed by atoms with Gasteiger partial charge in [-0.3, -0.25) is 10.1 Å². The minimum Gasteiger partial charge on any atom is -0.365 e. The second-order valence-corrected chi connectivity index (χ2v) is 3.11. The van der Waals surface area contributed by atoms with Crippen LogP contribution < -0.4 is 0 Å². The summed E-state index contributed by atoms with van der Waals surface area (Å²) in [5.74, 6) is -0.610. The van der Waals surface area contributed by atoms with Crippen molar-refractivity contribution in [2.24, 2.45) is 0 Å². The van der Waals surface area contributed by atoms with E-state index in [0.29, 0.717) is 6.61 Å². The van der Waals surface area contributed by atoms with E-state index >= 15 is 0 Å². The minimum atomic E-state index is -0.647. The van der Waals surface area contributed by atoms with E-state index in [-0.39, 0.29) is 11.3 Å². The Balaban J connectivity index is 2.51. The summed E-state index contributed by atoms with van der Waals surface area (Å²) in [5, 5.41) is 10.7. The average molecular weight is 209 g/mol. The smallest absolute Gasteiger partial charge is 0.278 e. The van der Waals surface area contributed by atoms with Gasteiger partial charge in [0.1, 0.15) is 11.9 Å². The third kappa shape index (κ3) is 1.73. The molecule has 0 unspecified atom stereocenters. The molecule has 1 aliphatic rings. The second kappa shape index (κ2) is 3.78. The molecule has 15 heavy (non-hydrogen) atoms. The first-order valence-electron chi connectivity index (χ1n) is 4.41. The molecule has 5 heteroatoms. The summed E-state index contributed by atoms with van der Waals surface area (Å²) in [6, 6.07) is 3.78. The minimum absolute atomic E-state index is 0.00347. The summed E-state index contributed by atoms with van der Waals surface area (Å²) in [6.07, 6.45) is 2.68. The molecular weight excluding hydrogens is 201 g/mol. The van der Waals surface area contributed by atoms with E-state index in [9.17, 15) is 14.5 Å². The normalized spacial score (nSPS) is 19.4. The Labute approximate surface area is 85.1 Å². The van der Waals surface area contributed by atoms with Crippen LogP contribution in [0.3, 0.4) is 0 Å². The first-order chi connectivity index (χ1) is 7.20. The summed E-state index contributed by atoms with van der Waals surface area (Å²) in [6.45, 7) is 0.357. The molecule has 0 saturated carbocycles. The monoisotopic (exact) mass is 209 g/mol. The molecule has 2 rings (SSSR count). The molecule has 1 aromatic carbocycles. The molecule has 1 aliphatic heterocycles. The molecule has 1 aromatic rings. The van der Waals surface area contributed by atoms with E-state index in [1.165, 1.54) is 18.2 Å². The molecule has 0 N–H and O–H groups in total. The number of halogens is 1. The van der Waals surface area contributed by atoms with Crippen LogP contribution in [0.15, 0.2) is 30.4 Å². The Morgan fingerprint density at radius 1 is 1.53 bits per heavy atom. The van der Waals surface area contributed by atoms with Crippen LogP contribution in [0.4, 0.5) is 10.1 Å². The van der Waals surface area contributed by atoms with Gasteiger partial charge in [-0.1, -0.05) is 18.2 Å². The van der Waals surface area contributed by atoms with Crippen LogP contribution in [0.5, 0.6) is 0 Å². The van der Waals surface area contributed by atoms with Crippen molar-refractivity contribution < 1.29 is 14.1 Å². The fourth-order valence-electron chi connectivity index (χ4n) is 1.54. The maximum Gasteiger partial charge on any atom is 0.278 e. The molecule has 0 fully saturated rings. The van der Waals surface area contributed by atoms with Crippen molar-refractivity contribution in [2.45, 2.75) is 6.10 Å². The van der Waals surface area contributed by atoms with Gasteiger partial charge in [-0.25, -0.2) is 4.39 Å². The zero-order chi connectivity index (χ0) is 10.8. The Bertz CT molecular complexity index is 431. The summed E-state index contributed by atoms with van der Waals surface area (Å²) >= 11 is 0. The molecule has 0 amide bonds. The third-order valence-electron chi connectivity index (χ3n) is 2.19. The zero-order valence-electron chi connectivity index (χ0n) is 7.72. The van der Waals surface area contributed by atoms with Gasteiger partial charge in [-0.15, -0.1) is 0 Å². The standard InChI is InChI=1S/C10H8FNO3/c11-7-3-1-4-8(12(13)14)10(7)9-5-2-6-15-9/h1-5,9H,6H2/t9-/m1/s1. The van der Waals surface area contributed by atoms with Gasteiger partial charge in [0, 0.05) is 6.07 Å². The molecule has 0 aromatic heterocycles. The van der Waals surface area contributed by atoms with Crippen molar-refractivity contribution >= 4 is 5.69 Å². The van der Waals surface area contributed by atoms with Crippen LogP contribution in [0.25, 0.3) is 0 Å². The van der Waals surface area contributed by atoms with Crippen LogP contribution in [0, 0.1) is 15.9 Å². The lowest BCUT2D eigenvalue weighted by molar-refractivity contribution is -0.386. The SMILES string of the molecule is O=[N+]([O-])c1cccc(F)c1[C@H]1C=CCO1.